The van der Waals surface area contributed by atoms with E-state index < -0.39 is 12.6 Å². The van der Waals surface area contributed by atoms with Crippen LogP contribution in [0.15, 0.2) is 4.52 Å². The molecule has 1 aromatic rings. The van der Waals surface area contributed by atoms with Gasteiger partial charge in [0.2, 0.25) is 5.89 Å². The van der Waals surface area contributed by atoms with E-state index in [1.165, 1.54) is 0 Å². The van der Waals surface area contributed by atoms with Gasteiger partial charge in [0.15, 0.2) is 5.82 Å². The lowest BCUT2D eigenvalue weighted by molar-refractivity contribution is -0.128. The van der Waals surface area contributed by atoms with Crippen molar-refractivity contribution in [3.8, 4) is 0 Å². The van der Waals surface area contributed by atoms with Crippen LogP contribution in [-0.2, 0) is 11.2 Å². The number of nitrogens with one attached hydrogen (secondary N) is 1. The molecule has 114 valence electrons. The molecule has 8 heteroatoms. The summed E-state index contributed by atoms with van der Waals surface area (Å²) in [6, 6.07) is 0.0999. The van der Waals surface area contributed by atoms with E-state index in [2.05, 4.69) is 22.4 Å². The highest BCUT2D eigenvalue weighted by Crippen LogP contribution is 2.26. The third-order valence-corrected chi connectivity index (χ3v) is 3.17. The third-order valence-electron chi connectivity index (χ3n) is 3.17. The lowest BCUT2D eigenvalue weighted by atomic mass is 9.95. The maximum Gasteiger partial charge on any atom is 0.396 e. The van der Waals surface area contributed by atoms with Crippen LogP contribution in [0.3, 0.4) is 0 Å². The minimum absolute atomic E-state index is 0.0999. The van der Waals surface area contributed by atoms with Crippen LogP contribution in [0.25, 0.3) is 0 Å². The van der Waals surface area contributed by atoms with Crippen molar-refractivity contribution in [2.75, 3.05) is 19.8 Å². The summed E-state index contributed by atoms with van der Waals surface area (Å²) >= 11 is 0. The molecule has 5 nitrogen and oxygen atoms in total. The van der Waals surface area contributed by atoms with Crippen molar-refractivity contribution >= 4 is 0 Å². The van der Waals surface area contributed by atoms with Gasteiger partial charge in [-0.3, -0.25) is 0 Å². The van der Waals surface area contributed by atoms with E-state index in [1.54, 1.807) is 0 Å². The molecule has 1 aliphatic heterocycles. The Morgan fingerprint density at radius 1 is 1.40 bits per heavy atom. The number of hydrogen-bond acceptors (Lipinski definition) is 5. The number of aromatic nitrogens is 2. The Morgan fingerprint density at radius 2 is 2.20 bits per heavy atom. The maximum atomic E-state index is 12.3. The van der Waals surface area contributed by atoms with E-state index in [4.69, 9.17) is 9.26 Å². The number of hydrogen-bond donors (Lipinski definition) is 1. The fourth-order valence-corrected chi connectivity index (χ4v) is 2.22. The van der Waals surface area contributed by atoms with Crippen molar-refractivity contribution in [2.24, 2.45) is 0 Å². The molecule has 1 fully saturated rings. The average molecular weight is 293 g/mol. The molecule has 0 bridgehead atoms. The summed E-state index contributed by atoms with van der Waals surface area (Å²) in [6.07, 6.45) is -3.74. The molecule has 1 aromatic heterocycles. The fraction of sp³-hybridized carbons (Fsp3) is 0.833. The topological polar surface area (TPSA) is 60.2 Å². The summed E-state index contributed by atoms with van der Waals surface area (Å²) in [5.74, 6) is -0.297. The minimum atomic E-state index is -4.33. The molecule has 0 radical (unpaired) electrons. The van der Waals surface area contributed by atoms with E-state index in [9.17, 15) is 13.2 Å². The summed E-state index contributed by atoms with van der Waals surface area (Å²) in [5, 5.41) is 6.75. The third kappa shape index (κ3) is 4.17. The van der Waals surface area contributed by atoms with Crippen molar-refractivity contribution in [2.45, 2.75) is 44.3 Å². The summed E-state index contributed by atoms with van der Waals surface area (Å²) < 4.78 is 47.2. The van der Waals surface area contributed by atoms with E-state index in [-0.39, 0.29) is 23.7 Å². The molecule has 2 unspecified atom stereocenters. The van der Waals surface area contributed by atoms with Crippen LogP contribution in [0.2, 0.25) is 0 Å². The van der Waals surface area contributed by atoms with E-state index >= 15 is 0 Å². The van der Waals surface area contributed by atoms with Gasteiger partial charge in [-0.15, -0.1) is 0 Å². The number of ether oxygens (including phenoxy) is 1. The highest BCUT2D eigenvalue weighted by molar-refractivity contribution is 5.02. The van der Waals surface area contributed by atoms with Gasteiger partial charge in [0.05, 0.1) is 12.5 Å². The summed E-state index contributed by atoms with van der Waals surface area (Å²) in [5.41, 5.74) is 0. The molecule has 0 aliphatic carbocycles. The van der Waals surface area contributed by atoms with Crippen LogP contribution in [-0.4, -0.2) is 42.1 Å². The van der Waals surface area contributed by atoms with Gasteiger partial charge < -0.3 is 14.6 Å². The van der Waals surface area contributed by atoms with Gasteiger partial charge in [-0.1, -0.05) is 12.1 Å². The van der Waals surface area contributed by atoms with Gasteiger partial charge in [0.25, 0.3) is 0 Å². The highest BCUT2D eigenvalue weighted by Gasteiger charge is 2.34. The minimum Gasteiger partial charge on any atom is -0.381 e. The number of rotatable bonds is 5. The van der Waals surface area contributed by atoms with Crippen LogP contribution < -0.4 is 5.32 Å². The van der Waals surface area contributed by atoms with Gasteiger partial charge in [-0.2, -0.15) is 18.2 Å². The first-order valence-electron chi connectivity index (χ1n) is 6.70. The second-order valence-corrected chi connectivity index (χ2v) is 4.87. The molecule has 0 aromatic carbocycles. The van der Waals surface area contributed by atoms with E-state index in [0.717, 1.165) is 19.4 Å². The quantitative estimate of drug-likeness (QED) is 0.900. The Morgan fingerprint density at radius 3 is 2.90 bits per heavy atom. The van der Waals surface area contributed by atoms with Gasteiger partial charge in [-0.25, -0.2) is 0 Å². The van der Waals surface area contributed by atoms with Crippen molar-refractivity contribution < 1.29 is 22.4 Å². The van der Waals surface area contributed by atoms with Gasteiger partial charge in [0, 0.05) is 12.6 Å². The fourth-order valence-electron chi connectivity index (χ4n) is 2.22. The lowest BCUT2D eigenvalue weighted by Crippen LogP contribution is -2.41. The van der Waals surface area contributed by atoms with Crippen LogP contribution in [0.4, 0.5) is 13.2 Å². The Bertz CT molecular complexity index is 422. The molecule has 2 atom stereocenters. The molecule has 0 spiro atoms. The van der Waals surface area contributed by atoms with E-state index in [1.807, 2.05) is 0 Å². The Hall–Kier alpha value is -1.15. The molecule has 2 heterocycles. The van der Waals surface area contributed by atoms with Crippen molar-refractivity contribution in [1.29, 1.82) is 0 Å². The number of halogens is 3. The summed E-state index contributed by atoms with van der Waals surface area (Å²) in [4.78, 5) is 3.86. The van der Waals surface area contributed by atoms with Gasteiger partial charge in [0.1, 0.15) is 6.42 Å². The molecule has 1 aliphatic rings. The second kappa shape index (κ2) is 6.53. The lowest BCUT2D eigenvalue weighted by Gasteiger charge is -2.29. The molecule has 0 saturated carbocycles. The van der Waals surface area contributed by atoms with Crippen LogP contribution in [0, 0.1) is 0 Å². The molecule has 20 heavy (non-hydrogen) atoms. The monoisotopic (exact) mass is 293 g/mol. The molecule has 0 amide bonds. The van der Waals surface area contributed by atoms with Crippen LogP contribution in [0.1, 0.15) is 37.4 Å². The summed E-state index contributed by atoms with van der Waals surface area (Å²) in [6.45, 7) is 3.90. The zero-order valence-electron chi connectivity index (χ0n) is 11.2. The van der Waals surface area contributed by atoms with Gasteiger partial charge >= 0.3 is 6.18 Å². The SMILES string of the molecule is CCCNC1CCOCC1c1nc(CC(F)(F)F)no1. The molecule has 1 N–H and O–H groups in total. The number of nitrogens with zero attached hydrogens (tertiary/aromatic N) is 2. The van der Waals surface area contributed by atoms with Crippen LogP contribution in [0.5, 0.6) is 0 Å². The Balaban J connectivity index is 2.04. The molecule has 2 rings (SSSR count). The zero-order valence-corrected chi connectivity index (χ0v) is 11.2. The van der Waals surface area contributed by atoms with E-state index in [0.29, 0.717) is 13.2 Å². The van der Waals surface area contributed by atoms with Gasteiger partial charge in [-0.05, 0) is 19.4 Å². The zero-order chi connectivity index (χ0) is 14.6. The molecule has 1 saturated heterocycles. The Kier molecular flexibility index (Phi) is 4.98. The maximum absolute atomic E-state index is 12.3. The normalized spacial score (nSPS) is 24.0. The molecular weight excluding hydrogens is 275 g/mol. The first-order valence-corrected chi connectivity index (χ1v) is 6.70. The summed E-state index contributed by atoms with van der Waals surface area (Å²) in [7, 11) is 0. The van der Waals surface area contributed by atoms with Crippen molar-refractivity contribution in [1.82, 2.24) is 15.5 Å². The standard InChI is InChI=1S/C12H18F3N3O2/c1-2-4-16-9-3-5-19-7-8(9)11-17-10(18-20-11)6-12(13,14)15/h8-9,16H,2-7H2,1H3. The largest absolute Gasteiger partial charge is 0.396 e. The predicted molar refractivity (Wildman–Crippen MR) is 64.3 cm³/mol. The number of alkyl halides is 3. The van der Waals surface area contributed by atoms with Crippen molar-refractivity contribution in [3.63, 3.8) is 0 Å². The first kappa shape index (κ1) is 15.2. The average Bonchev–Trinajstić information content (AvgIpc) is 2.82. The smallest absolute Gasteiger partial charge is 0.381 e. The highest BCUT2D eigenvalue weighted by atomic mass is 19.4. The second-order valence-electron chi connectivity index (χ2n) is 4.87. The van der Waals surface area contributed by atoms with Crippen molar-refractivity contribution in [3.05, 3.63) is 11.7 Å². The molecular formula is C12H18F3N3O2. The predicted octanol–water partition coefficient (Wildman–Crippen LogP) is 2.05. The Labute approximate surface area is 114 Å². The van der Waals surface area contributed by atoms with Crippen LogP contribution >= 0.6 is 0 Å². The first-order chi connectivity index (χ1) is 9.49.